The van der Waals surface area contributed by atoms with Crippen molar-refractivity contribution in [2.75, 3.05) is 26.7 Å². The molecule has 4 heteroatoms. The predicted octanol–water partition coefficient (Wildman–Crippen LogP) is 0.633. The SMILES string of the molecule is CN(Cc1ccccc1)C(=O)C1CNCCO1. The van der Waals surface area contributed by atoms with Crippen LogP contribution in [0.2, 0.25) is 0 Å². The van der Waals surface area contributed by atoms with Crippen molar-refractivity contribution < 1.29 is 9.53 Å². The van der Waals surface area contributed by atoms with E-state index in [-0.39, 0.29) is 12.0 Å². The summed E-state index contributed by atoms with van der Waals surface area (Å²) in [6.45, 7) is 2.67. The van der Waals surface area contributed by atoms with Crippen molar-refractivity contribution >= 4 is 5.91 Å². The number of carbonyl (C=O) groups excluding carboxylic acids is 1. The molecule has 0 saturated carbocycles. The number of amides is 1. The summed E-state index contributed by atoms with van der Waals surface area (Å²) in [6, 6.07) is 9.96. The Morgan fingerprint density at radius 1 is 1.47 bits per heavy atom. The van der Waals surface area contributed by atoms with Crippen molar-refractivity contribution in [3.05, 3.63) is 35.9 Å². The molecule has 1 unspecified atom stereocenters. The van der Waals surface area contributed by atoms with Crippen LogP contribution in [0.5, 0.6) is 0 Å². The van der Waals surface area contributed by atoms with E-state index in [1.165, 1.54) is 0 Å². The van der Waals surface area contributed by atoms with Crippen molar-refractivity contribution in [1.29, 1.82) is 0 Å². The lowest BCUT2D eigenvalue weighted by molar-refractivity contribution is -0.144. The lowest BCUT2D eigenvalue weighted by atomic mass is 10.2. The van der Waals surface area contributed by atoms with Crippen LogP contribution in [0.15, 0.2) is 30.3 Å². The van der Waals surface area contributed by atoms with Gasteiger partial charge in [-0.15, -0.1) is 0 Å². The summed E-state index contributed by atoms with van der Waals surface area (Å²) in [6.07, 6.45) is -0.336. The van der Waals surface area contributed by atoms with Gasteiger partial charge in [-0.05, 0) is 5.56 Å². The Bertz CT molecular complexity index is 361. The Labute approximate surface area is 102 Å². The molecule has 1 heterocycles. The number of likely N-dealkylation sites (N-methyl/N-ethyl adjacent to an activating group) is 1. The molecule has 1 N–H and O–H groups in total. The second-order valence-corrected chi connectivity index (χ2v) is 4.24. The average Bonchev–Trinajstić information content (AvgIpc) is 2.40. The third-order valence-corrected chi connectivity index (χ3v) is 2.84. The lowest BCUT2D eigenvalue weighted by Gasteiger charge is -2.27. The molecule has 0 aliphatic carbocycles. The zero-order chi connectivity index (χ0) is 12.1. The minimum absolute atomic E-state index is 0.0426. The molecular weight excluding hydrogens is 216 g/mol. The molecular formula is C13H18N2O2. The number of nitrogens with one attached hydrogen (secondary N) is 1. The molecule has 4 nitrogen and oxygen atoms in total. The van der Waals surface area contributed by atoms with E-state index >= 15 is 0 Å². The van der Waals surface area contributed by atoms with Gasteiger partial charge in [-0.2, -0.15) is 0 Å². The van der Waals surface area contributed by atoms with Gasteiger partial charge < -0.3 is 15.0 Å². The summed E-state index contributed by atoms with van der Waals surface area (Å²) in [5.74, 6) is 0.0426. The molecule has 0 bridgehead atoms. The first-order valence-electron chi connectivity index (χ1n) is 5.88. The minimum atomic E-state index is -0.336. The van der Waals surface area contributed by atoms with Gasteiger partial charge in [-0.3, -0.25) is 4.79 Å². The molecule has 1 aliphatic heterocycles. The van der Waals surface area contributed by atoms with E-state index in [0.29, 0.717) is 19.7 Å². The van der Waals surface area contributed by atoms with Crippen molar-refractivity contribution in [1.82, 2.24) is 10.2 Å². The highest BCUT2D eigenvalue weighted by atomic mass is 16.5. The molecule has 17 heavy (non-hydrogen) atoms. The molecule has 1 fully saturated rings. The van der Waals surface area contributed by atoms with E-state index in [1.54, 1.807) is 4.90 Å². The number of carbonyl (C=O) groups is 1. The highest BCUT2D eigenvalue weighted by Gasteiger charge is 2.24. The molecule has 2 rings (SSSR count). The number of hydrogen-bond acceptors (Lipinski definition) is 3. The predicted molar refractivity (Wildman–Crippen MR) is 65.5 cm³/mol. The van der Waals surface area contributed by atoms with E-state index < -0.39 is 0 Å². The number of ether oxygens (including phenoxy) is 1. The maximum Gasteiger partial charge on any atom is 0.253 e. The van der Waals surface area contributed by atoms with Crippen molar-refractivity contribution in [2.45, 2.75) is 12.6 Å². The third kappa shape index (κ3) is 3.28. The minimum Gasteiger partial charge on any atom is -0.366 e. The second-order valence-electron chi connectivity index (χ2n) is 4.24. The summed E-state index contributed by atoms with van der Waals surface area (Å²) >= 11 is 0. The van der Waals surface area contributed by atoms with Gasteiger partial charge in [0.25, 0.3) is 5.91 Å². The maximum absolute atomic E-state index is 12.1. The third-order valence-electron chi connectivity index (χ3n) is 2.84. The number of nitrogens with zero attached hydrogens (tertiary/aromatic N) is 1. The second kappa shape index (κ2) is 5.80. The van der Waals surface area contributed by atoms with E-state index in [2.05, 4.69) is 5.32 Å². The van der Waals surface area contributed by atoms with Gasteiger partial charge >= 0.3 is 0 Å². The van der Waals surface area contributed by atoms with Crippen LogP contribution in [0, 0.1) is 0 Å². The summed E-state index contributed by atoms with van der Waals surface area (Å²) in [5, 5.41) is 3.16. The van der Waals surface area contributed by atoms with E-state index in [4.69, 9.17) is 4.74 Å². The van der Waals surface area contributed by atoms with E-state index in [9.17, 15) is 4.79 Å². The smallest absolute Gasteiger partial charge is 0.253 e. The van der Waals surface area contributed by atoms with Crippen LogP contribution in [0.4, 0.5) is 0 Å². The Hall–Kier alpha value is -1.39. The van der Waals surface area contributed by atoms with Gasteiger partial charge in [0.2, 0.25) is 0 Å². The zero-order valence-electron chi connectivity index (χ0n) is 10.1. The van der Waals surface area contributed by atoms with Gasteiger partial charge in [-0.25, -0.2) is 0 Å². The Balaban J connectivity index is 1.90. The van der Waals surface area contributed by atoms with Crippen LogP contribution in [-0.4, -0.2) is 43.7 Å². The fourth-order valence-corrected chi connectivity index (χ4v) is 1.91. The van der Waals surface area contributed by atoms with Crippen molar-refractivity contribution in [3.8, 4) is 0 Å². The van der Waals surface area contributed by atoms with E-state index in [1.807, 2.05) is 37.4 Å². The fraction of sp³-hybridized carbons (Fsp3) is 0.462. The van der Waals surface area contributed by atoms with Crippen LogP contribution < -0.4 is 5.32 Å². The molecule has 1 amide bonds. The van der Waals surface area contributed by atoms with Crippen molar-refractivity contribution in [3.63, 3.8) is 0 Å². The van der Waals surface area contributed by atoms with Gasteiger partial charge in [0, 0.05) is 26.7 Å². The first-order valence-corrected chi connectivity index (χ1v) is 5.88. The molecule has 92 valence electrons. The molecule has 0 aromatic heterocycles. The summed E-state index contributed by atoms with van der Waals surface area (Å²) in [5.41, 5.74) is 1.13. The molecule has 0 spiro atoms. The van der Waals surface area contributed by atoms with Crippen LogP contribution >= 0.6 is 0 Å². The monoisotopic (exact) mass is 234 g/mol. The van der Waals surface area contributed by atoms with Crippen LogP contribution in [0.3, 0.4) is 0 Å². The van der Waals surface area contributed by atoms with Gasteiger partial charge in [0.05, 0.1) is 6.61 Å². The quantitative estimate of drug-likeness (QED) is 0.834. The Morgan fingerprint density at radius 2 is 2.24 bits per heavy atom. The van der Waals surface area contributed by atoms with Gasteiger partial charge in [0.15, 0.2) is 0 Å². The molecule has 1 aromatic rings. The highest BCUT2D eigenvalue weighted by molar-refractivity contribution is 5.81. The maximum atomic E-state index is 12.1. The molecule has 1 saturated heterocycles. The summed E-state index contributed by atoms with van der Waals surface area (Å²) in [7, 11) is 1.81. The standard InChI is InChI=1S/C13H18N2O2/c1-15(10-11-5-3-2-4-6-11)13(16)12-9-14-7-8-17-12/h2-6,12,14H,7-10H2,1H3. The van der Waals surface area contributed by atoms with Crippen LogP contribution in [-0.2, 0) is 16.1 Å². The normalized spacial score (nSPS) is 19.9. The van der Waals surface area contributed by atoms with Gasteiger partial charge in [0.1, 0.15) is 6.10 Å². The number of morpholine rings is 1. The highest BCUT2D eigenvalue weighted by Crippen LogP contribution is 2.06. The van der Waals surface area contributed by atoms with Gasteiger partial charge in [-0.1, -0.05) is 30.3 Å². The van der Waals surface area contributed by atoms with Crippen LogP contribution in [0.1, 0.15) is 5.56 Å². The van der Waals surface area contributed by atoms with E-state index in [0.717, 1.165) is 12.1 Å². The number of rotatable bonds is 3. The van der Waals surface area contributed by atoms with Crippen molar-refractivity contribution in [2.24, 2.45) is 0 Å². The largest absolute Gasteiger partial charge is 0.366 e. The number of hydrogen-bond donors (Lipinski definition) is 1. The first-order chi connectivity index (χ1) is 8.27. The molecule has 1 aromatic carbocycles. The zero-order valence-corrected chi connectivity index (χ0v) is 10.1. The summed E-state index contributed by atoms with van der Waals surface area (Å²) in [4.78, 5) is 13.8. The number of benzene rings is 1. The average molecular weight is 234 g/mol. The summed E-state index contributed by atoms with van der Waals surface area (Å²) < 4.78 is 5.44. The molecule has 1 atom stereocenters. The Kier molecular flexibility index (Phi) is 4.12. The lowest BCUT2D eigenvalue weighted by Crippen LogP contribution is -2.48. The first kappa shape index (κ1) is 12.1. The molecule has 0 radical (unpaired) electrons. The Morgan fingerprint density at radius 3 is 2.88 bits per heavy atom. The molecule has 1 aliphatic rings. The fourth-order valence-electron chi connectivity index (χ4n) is 1.91. The van der Waals surface area contributed by atoms with Crippen LogP contribution in [0.25, 0.3) is 0 Å². The topological polar surface area (TPSA) is 41.6 Å².